The zero-order valence-electron chi connectivity index (χ0n) is 11.0. The normalized spacial score (nSPS) is 11.3. The number of rotatable bonds is 2. The van der Waals surface area contributed by atoms with E-state index in [1.807, 2.05) is 36.4 Å². The number of thiophene rings is 2. The molecular formula is C16H11BO2S2. The molecule has 0 atom stereocenters. The highest BCUT2D eigenvalue weighted by Gasteiger charge is 2.23. The second-order valence-corrected chi connectivity index (χ2v) is 7.03. The van der Waals surface area contributed by atoms with Gasteiger partial charge < -0.3 is 10.0 Å². The van der Waals surface area contributed by atoms with Crippen molar-refractivity contribution in [2.24, 2.45) is 0 Å². The molecule has 0 aliphatic carbocycles. The minimum atomic E-state index is -1.44. The van der Waals surface area contributed by atoms with E-state index in [2.05, 4.69) is 18.2 Å². The van der Waals surface area contributed by atoms with Gasteiger partial charge in [-0.2, -0.15) is 0 Å². The topological polar surface area (TPSA) is 40.5 Å². The summed E-state index contributed by atoms with van der Waals surface area (Å²) in [5.74, 6) is 0. The summed E-state index contributed by atoms with van der Waals surface area (Å²) >= 11 is 3.13. The molecule has 0 aliphatic heterocycles. The highest BCUT2D eigenvalue weighted by atomic mass is 32.1. The molecule has 2 N–H and O–H groups in total. The third-order valence-electron chi connectivity index (χ3n) is 3.53. The standard InChI is InChI=1S/C16H11BO2S2/c18-17(19)16-15(11-6-2-4-8-13(11)21-16)14-9-10-5-1-3-7-12(10)20-14/h1-9,18-19H. The van der Waals surface area contributed by atoms with Crippen molar-refractivity contribution in [2.45, 2.75) is 0 Å². The minimum Gasteiger partial charge on any atom is -0.423 e. The molecule has 0 radical (unpaired) electrons. The number of hydrogen-bond donors (Lipinski definition) is 2. The third-order valence-corrected chi connectivity index (χ3v) is 5.87. The van der Waals surface area contributed by atoms with Crippen molar-refractivity contribution in [3.05, 3.63) is 54.6 Å². The van der Waals surface area contributed by atoms with E-state index >= 15 is 0 Å². The van der Waals surface area contributed by atoms with Crippen LogP contribution in [0.25, 0.3) is 30.6 Å². The van der Waals surface area contributed by atoms with Gasteiger partial charge in [0.15, 0.2) is 0 Å². The van der Waals surface area contributed by atoms with E-state index in [1.54, 1.807) is 11.3 Å². The number of benzene rings is 2. The van der Waals surface area contributed by atoms with E-state index in [1.165, 1.54) is 21.4 Å². The molecule has 4 aromatic rings. The Morgan fingerprint density at radius 1 is 0.810 bits per heavy atom. The van der Waals surface area contributed by atoms with Crippen molar-refractivity contribution < 1.29 is 10.0 Å². The molecule has 0 amide bonds. The van der Waals surface area contributed by atoms with Crippen LogP contribution >= 0.6 is 22.7 Å². The summed E-state index contributed by atoms with van der Waals surface area (Å²) in [7, 11) is -1.44. The Morgan fingerprint density at radius 3 is 2.29 bits per heavy atom. The van der Waals surface area contributed by atoms with E-state index in [-0.39, 0.29) is 0 Å². The Balaban J connectivity index is 2.06. The van der Waals surface area contributed by atoms with Crippen LogP contribution in [0.3, 0.4) is 0 Å². The summed E-state index contributed by atoms with van der Waals surface area (Å²) in [6.07, 6.45) is 0. The van der Waals surface area contributed by atoms with Crippen LogP contribution in [0.1, 0.15) is 0 Å². The van der Waals surface area contributed by atoms with E-state index in [0.717, 1.165) is 20.5 Å². The Kier molecular flexibility index (Phi) is 3.08. The van der Waals surface area contributed by atoms with Crippen LogP contribution in [0.2, 0.25) is 0 Å². The summed E-state index contributed by atoms with van der Waals surface area (Å²) in [4.78, 5) is 1.08. The smallest absolute Gasteiger partial charge is 0.423 e. The molecule has 4 rings (SSSR count). The van der Waals surface area contributed by atoms with Gasteiger partial charge in [-0.1, -0.05) is 36.4 Å². The van der Waals surface area contributed by atoms with Crippen molar-refractivity contribution in [3.8, 4) is 10.4 Å². The first-order chi connectivity index (χ1) is 10.2. The van der Waals surface area contributed by atoms with Crippen molar-refractivity contribution in [1.29, 1.82) is 0 Å². The maximum Gasteiger partial charge on any atom is 0.499 e. The van der Waals surface area contributed by atoms with Crippen molar-refractivity contribution in [3.63, 3.8) is 0 Å². The lowest BCUT2D eigenvalue weighted by Gasteiger charge is -2.00. The predicted octanol–water partition coefficient (Wildman–Crippen LogP) is 3.46. The fourth-order valence-corrected chi connectivity index (χ4v) is 4.90. The summed E-state index contributed by atoms with van der Waals surface area (Å²) in [6.45, 7) is 0. The van der Waals surface area contributed by atoms with Crippen LogP contribution in [0, 0.1) is 0 Å². The van der Waals surface area contributed by atoms with Crippen molar-refractivity contribution in [2.75, 3.05) is 0 Å². The quantitative estimate of drug-likeness (QED) is 0.557. The molecule has 0 aliphatic rings. The molecule has 2 heterocycles. The van der Waals surface area contributed by atoms with Gasteiger partial charge in [-0.25, -0.2) is 0 Å². The van der Waals surface area contributed by atoms with Crippen molar-refractivity contribution >= 4 is 54.7 Å². The molecule has 21 heavy (non-hydrogen) atoms. The molecule has 0 spiro atoms. The van der Waals surface area contributed by atoms with Crippen LogP contribution in [0.4, 0.5) is 0 Å². The van der Waals surface area contributed by atoms with Crippen LogP contribution in [-0.4, -0.2) is 17.2 Å². The molecule has 5 heteroatoms. The van der Waals surface area contributed by atoms with Gasteiger partial charge in [0.25, 0.3) is 0 Å². The Hall–Kier alpha value is -1.66. The first-order valence-corrected chi connectivity index (χ1v) is 8.24. The van der Waals surface area contributed by atoms with E-state index in [9.17, 15) is 10.0 Å². The monoisotopic (exact) mass is 310 g/mol. The van der Waals surface area contributed by atoms with Crippen LogP contribution in [-0.2, 0) is 0 Å². The zero-order chi connectivity index (χ0) is 14.4. The number of fused-ring (bicyclic) bond motifs is 2. The van der Waals surface area contributed by atoms with Gasteiger partial charge in [0.2, 0.25) is 0 Å². The first kappa shape index (κ1) is 13.0. The SMILES string of the molecule is OB(O)c1sc2ccccc2c1-c1cc2ccccc2s1. The lowest BCUT2D eigenvalue weighted by atomic mass is 9.84. The summed E-state index contributed by atoms with van der Waals surface area (Å²) in [5.41, 5.74) is 0.951. The maximum absolute atomic E-state index is 9.71. The number of hydrogen-bond acceptors (Lipinski definition) is 4. The Labute approximate surface area is 130 Å². The lowest BCUT2D eigenvalue weighted by molar-refractivity contribution is 0.427. The highest BCUT2D eigenvalue weighted by molar-refractivity contribution is 7.30. The van der Waals surface area contributed by atoms with E-state index in [0.29, 0.717) is 4.78 Å². The van der Waals surface area contributed by atoms with Gasteiger partial charge in [-0.3, -0.25) is 0 Å². The molecule has 102 valence electrons. The molecule has 0 saturated carbocycles. The van der Waals surface area contributed by atoms with Gasteiger partial charge in [-0.15, -0.1) is 22.7 Å². The average Bonchev–Trinajstić information content (AvgIpc) is 3.07. The van der Waals surface area contributed by atoms with E-state index < -0.39 is 7.12 Å². The molecule has 2 aromatic heterocycles. The molecule has 0 unspecified atom stereocenters. The fourth-order valence-electron chi connectivity index (χ4n) is 2.61. The molecule has 0 saturated heterocycles. The Morgan fingerprint density at radius 2 is 1.52 bits per heavy atom. The van der Waals surface area contributed by atoms with Crippen LogP contribution in [0.5, 0.6) is 0 Å². The van der Waals surface area contributed by atoms with Crippen molar-refractivity contribution in [1.82, 2.24) is 0 Å². The summed E-state index contributed by atoms with van der Waals surface area (Å²) in [5, 5.41) is 21.7. The van der Waals surface area contributed by atoms with Gasteiger partial charge in [0.1, 0.15) is 0 Å². The predicted molar refractivity (Wildman–Crippen MR) is 92.5 cm³/mol. The molecule has 2 nitrogen and oxygen atoms in total. The first-order valence-electron chi connectivity index (χ1n) is 6.60. The average molecular weight is 310 g/mol. The summed E-state index contributed by atoms with van der Waals surface area (Å²) < 4.78 is 2.90. The second kappa shape index (κ2) is 4.96. The summed E-state index contributed by atoms with van der Waals surface area (Å²) in [6, 6.07) is 18.4. The largest absolute Gasteiger partial charge is 0.499 e. The fraction of sp³-hybridized carbons (Fsp3) is 0. The molecule has 2 aromatic carbocycles. The lowest BCUT2D eigenvalue weighted by Crippen LogP contribution is -2.28. The van der Waals surface area contributed by atoms with E-state index in [4.69, 9.17) is 0 Å². The second-order valence-electron chi connectivity index (χ2n) is 4.86. The van der Waals surface area contributed by atoms with Gasteiger partial charge >= 0.3 is 7.12 Å². The molecule has 0 fully saturated rings. The molecule has 0 bridgehead atoms. The Bertz CT molecular complexity index is 907. The molecular weight excluding hydrogens is 299 g/mol. The highest BCUT2D eigenvalue weighted by Crippen LogP contribution is 2.38. The van der Waals surface area contributed by atoms with Gasteiger partial charge in [-0.05, 0) is 23.6 Å². The van der Waals surface area contributed by atoms with Gasteiger partial charge in [0.05, 0.1) is 0 Å². The third kappa shape index (κ3) is 2.10. The minimum absolute atomic E-state index is 0.614. The van der Waals surface area contributed by atoms with Crippen LogP contribution in [0.15, 0.2) is 54.6 Å². The van der Waals surface area contributed by atoms with Crippen LogP contribution < -0.4 is 4.78 Å². The van der Waals surface area contributed by atoms with Gasteiger partial charge in [0, 0.05) is 30.0 Å². The zero-order valence-corrected chi connectivity index (χ0v) is 12.6. The maximum atomic E-state index is 9.71.